The first-order valence-electron chi connectivity index (χ1n) is 9.43. The number of piperidine rings is 1. The van der Waals surface area contributed by atoms with E-state index in [9.17, 15) is 13.2 Å². The van der Waals surface area contributed by atoms with Crippen LogP contribution < -0.4 is 5.32 Å². The minimum Gasteiger partial charge on any atom is -0.316 e. The number of pyridine rings is 2. The van der Waals surface area contributed by atoms with Crippen molar-refractivity contribution in [2.24, 2.45) is 0 Å². The fourth-order valence-electron chi connectivity index (χ4n) is 3.32. The first kappa shape index (κ1) is 19.8. The average Bonchev–Trinajstić information content (AvgIpc) is 3.11. The number of halogens is 3. The molecule has 9 heteroatoms. The van der Waals surface area contributed by atoms with E-state index in [-0.39, 0.29) is 5.82 Å². The van der Waals surface area contributed by atoms with E-state index < -0.39 is 11.7 Å². The maximum Gasteiger partial charge on any atom is 0.416 e. The molecule has 0 saturated carbocycles. The summed E-state index contributed by atoms with van der Waals surface area (Å²) in [5.41, 5.74) is 0.765. The third kappa shape index (κ3) is 4.91. The van der Waals surface area contributed by atoms with Crippen molar-refractivity contribution in [3.05, 3.63) is 53.2 Å². The third-order valence-electron chi connectivity index (χ3n) is 4.74. The SMILES string of the molecule is FC(F)(F)c1ccnc(Nc2nc(-c3ccccn3)c(CN3CCCCC3)s2)c1. The quantitative estimate of drug-likeness (QED) is 0.604. The van der Waals surface area contributed by atoms with Gasteiger partial charge < -0.3 is 5.32 Å². The Morgan fingerprint density at radius 2 is 1.86 bits per heavy atom. The molecule has 4 heterocycles. The molecule has 3 aromatic rings. The molecule has 3 aromatic heterocycles. The number of alkyl halides is 3. The molecule has 0 unspecified atom stereocenters. The van der Waals surface area contributed by atoms with Gasteiger partial charge >= 0.3 is 6.18 Å². The first-order valence-corrected chi connectivity index (χ1v) is 10.2. The molecule has 1 saturated heterocycles. The molecule has 1 aliphatic rings. The van der Waals surface area contributed by atoms with Gasteiger partial charge in [-0.2, -0.15) is 13.2 Å². The Morgan fingerprint density at radius 1 is 1.03 bits per heavy atom. The minimum absolute atomic E-state index is 0.116. The van der Waals surface area contributed by atoms with Crippen LogP contribution in [0.25, 0.3) is 11.4 Å². The van der Waals surface area contributed by atoms with E-state index in [1.165, 1.54) is 30.6 Å². The van der Waals surface area contributed by atoms with Gasteiger partial charge in [0.2, 0.25) is 0 Å². The maximum absolute atomic E-state index is 13.0. The Morgan fingerprint density at radius 3 is 2.59 bits per heavy atom. The van der Waals surface area contributed by atoms with Crippen molar-refractivity contribution in [3.8, 4) is 11.4 Å². The van der Waals surface area contributed by atoms with Crippen molar-refractivity contribution in [2.75, 3.05) is 18.4 Å². The van der Waals surface area contributed by atoms with E-state index in [0.29, 0.717) is 5.13 Å². The second-order valence-corrected chi connectivity index (χ2v) is 7.98. The fraction of sp³-hybridized carbons (Fsp3) is 0.350. The van der Waals surface area contributed by atoms with Gasteiger partial charge in [-0.25, -0.2) is 9.97 Å². The lowest BCUT2D eigenvalue weighted by Crippen LogP contribution is -2.28. The van der Waals surface area contributed by atoms with Crippen molar-refractivity contribution < 1.29 is 13.2 Å². The molecule has 5 nitrogen and oxygen atoms in total. The molecule has 0 aliphatic carbocycles. The van der Waals surface area contributed by atoms with E-state index in [0.717, 1.165) is 54.2 Å². The summed E-state index contributed by atoms with van der Waals surface area (Å²) < 4.78 is 38.9. The van der Waals surface area contributed by atoms with Crippen molar-refractivity contribution in [2.45, 2.75) is 32.0 Å². The molecule has 1 fully saturated rings. The number of likely N-dealkylation sites (tertiary alicyclic amines) is 1. The van der Waals surface area contributed by atoms with Gasteiger partial charge in [-0.1, -0.05) is 23.8 Å². The Bertz CT molecular complexity index is 952. The summed E-state index contributed by atoms with van der Waals surface area (Å²) in [7, 11) is 0. The van der Waals surface area contributed by atoms with Crippen LogP contribution in [0.15, 0.2) is 42.7 Å². The van der Waals surface area contributed by atoms with Crippen LogP contribution in [0.4, 0.5) is 24.1 Å². The van der Waals surface area contributed by atoms with E-state index in [1.807, 2.05) is 18.2 Å². The van der Waals surface area contributed by atoms with Crippen molar-refractivity contribution in [3.63, 3.8) is 0 Å². The van der Waals surface area contributed by atoms with E-state index in [2.05, 4.69) is 25.2 Å². The highest BCUT2D eigenvalue weighted by Crippen LogP contribution is 2.34. The second kappa shape index (κ2) is 8.46. The summed E-state index contributed by atoms with van der Waals surface area (Å²) >= 11 is 1.43. The van der Waals surface area contributed by atoms with Gasteiger partial charge in [-0.3, -0.25) is 9.88 Å². The number of hydrogen-bond donors (Lipinski definition) is 1. The molecule has 1 N–H and O–H groups in total. The van der Waals surface area contributed by atoms with Crippen LogP contribution in [-0.4, -0.2) is 32.9 Å². The predicted molar refractivity (Wildman–Crippen MR) is 107 cm³/mol. The monoisotopic (exact) mass is 419 g/mol. The lowest BCUT2D eigenvalue weighted by Gasteiger charge is -2.25. The zero-order valence-corrected chi connectivity index (χ0v) is 16.4. The average molecular weight is 419 g/mol. The summed E-state index contributed by atoms with van der Waals surface area (Å²) in [6, 6.07) is 7.57. The molecule has 0 radical (unpaired) electrons. The fourth-order valence-corrected chi connectivity index (χ4v) is 4.34. The molecule has 0 aromatic carbocycles. The van der Waals surface area contributed by atoms with Crippen LogP contribution in [0.2, 0.25) is 0 Å². The van der Waals surface area contributed by atoms with Crippen LogP contribution in [0.1, 0.15) is 29.7 Å². The highest BCUT2D eigenvalue weighted by molar-refractivity contribution is 7.16. The zero-order chi connectivity index (χ0) is 20.3. The van der Waals surface area contributed by atoms with Crippen molar-refractivity contribution >= 4 is 22.3 Å². The van der Waals surface area contributed by atoms with Crippen LogP contribution >= 0.6 is 11.3 Å². The topological polar surface area (TPSA) is 53.9 Å². The van der Waals surface area contributed by atoms with Gasteiger partial charge in [0.15, 0.2) is 5.13 Å². The van der Waals surface area contributed by atoms with Gasteiger partial charge in [0, 0.05) is 18.9 Å². The molecule has 0 spiro atoms. The number of nitrogens with one attached hydrogen (secondary N) is 1. The smallest absolute Gasteiger partial charge is 0.316 e. The standard InChI is InChI=1S/C20H20F3N5S/c21-20(22,23)14-7-9-25-17(12-14)26-19-27-18(15-6-2-3-8-24-15)16(29-19)13-28-10-4-1-5-11-28/h2-3,6-9,12H,1,4-5,10-11,13H2,(H,25,26,27). The lowest BCUT2D eigenvalue weighted by atomic mass is 10.1. The number of rotatable bonds is 5. The Balaban J connectivity index is 1.62. The molecule has 1 aliphatic heterocycles. The van der Waals surface area contributed by atoms with Crippen LogP contribution in [0.3, 0.4) is 0 Å². The summed E-state index contributed by atoms with van der Waals surface area (Å²) in [5.74, 6) is 0.116. The molecule has 4 rings (SSSR count). The third-order valence-corrected chi connectivity index (χ3v) is 5.70. The number of thiazole rings is 1. The van der Waals surface area contributed by atoms with Gasteiger partial charge in [0.1, 0.15) is 11.5 Å². The summed E-state index contributed by atoms with van der Waals surface area (Å²) in [5, 5.41) is 3.44. The molecule has 0 bridgehead atoms. The molecule has 0 atom stereocenters. The normalized spacial score (nSPS) is 15.4. The van der Waals surface area contributed by atoms with E-state index in [4.69, 9.17) is 0 Å². The summed E-state index contributed by atoms with van der Waals surface area (Å²) in [6.07, 6.45) is 2.04. The minimum atomic E-state index is -4.42. The van der Waals surface area contributed by atoms with Gasteiger partial charge in [0.25, 0.3) is 0 Å². The number of aromatic nitrogens is 3. The van der Waals surface area contributed by atoms with Gasteiger partial charge in [-0.05, 0) is 50.2 Å². The first-order chi connectivity index (χ1) is 14.0. The number of anilines is 2. The van der Waals surface area contributed by atoms with Crippen molar-refractivity contribution in [1.82, 2.24) is 19.9 Å². The van der Waals surface area contributed by atoms with E-state index >= 15 is 0 Å². The van der Waals surface area contributed by atoms with Crippen LogP contribution in [-0.2, 0) is 12.7 Å². The Hall–Kier alpha value is -2.52. The second-order valence-electron chi connectivity index (χ2n) is 6.90. The van der Waals surface area contributed by atoms with Gasteiger partial charge in [0.05, 0.1) is 16.1 Å². The maximum atomic E-state index is 13.0. The summed E-state index contributed by atoms with van der Waals surface area (Å²) in [6.45, 7) is 2.83. The number of hydrogen-bond acceptors (Lipinski definition) is 6. The molecule has 0 amide bonds. The lowest BCUT2D eigenvalue weighted by molar-refractivity contribution is -0.137. The molecule has 29 heavy (non-hydrogen) atoms. The summed E-state index contributed by atoms with van der Waals surface area (Å²) in [4.78, 5) is 16.5. The molecular formula is C20H20F3N5S. The highest BCUT2D eigenvalue weighted by Gasteiger charge is 2.30. The van der Waals surface area contributed by atoms with Crippen molar-refractivity contribution in [1.29, 1.82) is 0 Å². The van der Waals surface area contributed by atoms with E-state index in [1.54, 1.807) is 6.20 Å². The zero-order valence-electron chi connectivity index (χ0n) is 15.6. The predicted octanol–water partition coefficient (Wildman–Crippen LogP) is 5.35. The van der Waals surface area contributed by atoms with Crippen LogP contribution in [0.5, 0.6) is 0 Å². The largest absolute Gasteiger partial charge is 0.416 e. The Labute approximate surface area is 170 Å². The molecule has 152 valence electrons. The van der Waals surface area contributed by atoms with Gasteiger partial charge in [-0.15, -0.1) is 0 Å². The Kier molecular flexibility index (Phi) is 5.77. The highest BCUT2D eigenvalue weighted by atomic mass is 32.1. The number of nitrogens with zero attached hydrogens (tertiary/aromatic N) is 4. The van der Waals surface area contributed by atoms with Crippen LogP contribution in [0, 0.1) is 0 Å². The molecular weight excluding hydrogens is 399 g/mol.